The Kier molecular flexibility index (Phi) is 4.49. The van der Waals surface area contributed by atoms with Crippen molar-refractivity contribution < 1.29 is 4.79 Å². The van der Waals surface area contributed by atoms with Gasteiger partial charge in [-0.15, -0.1) is 0 Å². The highest BCUT2D eigenvalue weighted by Gasteiger charge is 2.30. The lowest BCUT2D eigenvalue weighted by molar-refractivity contribution is -0.131. The lowest BCUT2D eigenvalue weighted by atomic mass is 9.99. The standard InChI is InChI=1S/C19H20ClNO/c1-14-6-2-3-9-17(14)18-10-5-11-21(18)19(22)13-15-7-4-8-16(20)12-15/h2-4,6-9,12,18H,5,10-11,13H2,1H3/t18-/m0/s1. The van der Waals surface area contributed by atoms with Crippen molar-refractivity contribution in [1.82, 2.24) is 4.90 Å². The summed E-state index contributed by atoms with van der Waals surface area (Å²) in [4.78, 5) is 14.7. The van der Waals surface area contributed by atoms with Gasteiger partial charge in [-0.3, -0.25) is 4.79 Å². The van der Waals surface area contributed by atoms with Crippen molar-refractivity contribution in [3.8, 4) is 0 Å². The second-order valence-electron chi connectivity index (χ2n) is 5.91. The first-order valence-electron chi connectivity index (χ1n) is 7.74. The molecule has 1 aliphatic rings. The molecule has 0 unspecified atom stereocenters. The monoisotopic (exact) mass is 313 g/mol. The summed E-state index contributed by atoms with van der Waals surface area (Å²) < 4.78 is 0. The van der Waals surface area contributed by atoms with E-state index in [0.29, 0.717) is 11.4 Å². The number of carbonyl (C=O) groups excluding carboxylic acids is 1. The van der Waals surface area contributed by atoms with Gasteiger partial charge in [-0.25, -0.2) is 0 Å². The third kappa shape index (κ3) is 3.17. The van der Waals surface area contributed by atoms with E-state index in [1.807, 2.05) is 35.2 Å². The fourth-order valence-corrected chi connectivity index (χ4v) is 3.49. The number of likely N-dealkylation sites (tertiary alicyclic amines) is 1. The summed E-state index contributed by atoms with van der Waals surface area (Å²) >= 11 is 6.01. The first kappa shape index (κ1) is 15.1. The summed E-state index contributed by atoms with van der Waals surface area (Å²) in [5.41, 5.74) is 3.52. The van der Waals surface area contributed by atoms with Crippen LogP contribution in [0.2, 0.25) is 5.02 Å². The fourth-order valence-electron chi connectivity index (χ4n) is 3.27. The van der Waals surface area contributed by atoms with Crippen molar-refractivity contribution in [3.63, 3.8) is 0 Å². The van der Waals surface area contributed by atoms with Gasteiger partial charge in [0.15, 0.2) is 0 Å². The third-order valence-corrected chi connectivity index (χ3v) is 4.60. The van der Waals surface area contributed by atoms with Crippen molar-refractivity contribution >= 4 is 17.5 Å². The van der Waals surface area contributed by atoms with E-state index < -0.39 is 0 Å². The number of hydrogen-bond acceptors (Lipinski definition) is 1. The van der Waals surface area contributed by atoms with Gasteiger partial charge in [0.2, 0.25) is 5.91 Å². The maximum atomic E-state index is 12.7. The zero-order valence-electron chi connectivity index (χ0n) is 12.8. The molecule has 1 saturated heterocycles. The average molecular weight is 314 g/mol. The molecule has 0 aliphatic carbocycles. The number of carbonyl (C=O) groups is 1. The van der Waals surface area contributed by atoms with Crippen LogP contribution in [0.1, 0.15) is 35.6 Å². The molecule has 0 radical (unpaired) electrons. The van der Waals surface area contributed by atoms with Gasteiger partial charge >= 0.3 is 0 Å². The molecule has 2 aromatic carbocycles. The quantitative estimate of drug-likeness (QED) is 0.813. The zero-order valence-corrected chi connectivity index (χ0v) is 13.5. The van der Waals surface area contributed by atoms with E-state index in [2.05, 4.69) is 25.1 Å². The van der Waals surface area contributed by atoms with Crippen LogP contribution in [0.3, 0.4) is 0 Å². The number of rotatable bonds is 3. The van der Waals surface area contributed by atoms with E-state index in [0.717, 1.165) is 24.9 Å². The van der Waals surface area contributed by atoms with Gasteiger partial charge in [-0.2, -0.15) is 0 Å². The SMILES string of the molecule is Cc1ccccc1[C@@H]1CCCN1C(=O)Cc1cccc(Cl)c1. The highest BCUT2D eigenvalue weighted by molar-refractivity contribution is 6.30. The number of halogens is 1. The van der Waals surface area contributed by atoms with Gasteiger partial charge in [-0.05, 0) is 48.6 Å². The number of aryl methyl sites for hydroxylation is 1. The van der Waals surface area contributed by atoms with Crippen molar-refractivity contribution in [2.45, 2.75) is 32.2 Å². The number of amides is 1. The van der Waals surface area contributed by atoms with Crippen molar-refractivity contribution in [1.29, 1.82) is 0 Å². The second-order valence-corrected chi connectivity index (χ2v) is 6.34. The third-order valence-electron chi connectivity index (χ3n) is 4.36. The molecule has 1 amide bonds. The Morgan fingerprint density at radius 3 is 2.82 bits per heavy atom. The molecule has 3 rings (SSSR count). The second kappa shape index (κ2) is 6.53. The van der Waals surface area contributed by atoms with Crippen molar-refractivity contribution in [3.05, 3.63) is 70.2 Å². The molecule has 22 heavy (non-hydrogen) atoms. The largest absolute Gasteiger partial charge is 0.335 e. The molecule has 1 atom stereocenters. The molecular formula is C19H20ClNO. The minimum Gasteiger partial charge on any atom is -0.335 e. The van der Waals surface area contributed by atoms with Gasteiger partial charge in [0, 0.05) is 11.6 Å². The highest BCUT2D eigenvalue weighted by atomic mass is 35.5. The lowest BCUT2D eigenvalue weighted by Crippen LogP contribution is -2.32. The van der Waals surface area contributed by atoms with Crippen LogP contribution in [-0.4, -0.2) is 17.4 Å². The fraction of sp³-hybridized carbons (Fsp3) is 0.316. The zero-order chi connectivity index (χ0) is 15.5. The van der Waals surface area contributed by atoms with E-state index in [1.54, 1.807) is 0 Å². The Bertz CT molecular complexity index is 683. The predicted octanol–water partition coefficient (Wildman–Crippen LogP) is 4.55. The van der Waals surface area contributed by atoms with Gasteiger partial charge in [0.25, 0.3) is 0 Å². The molecule has 3 heteroatoms. The number of nitrogens with zero attached hydrogens (tertiary/aromatic N) is 1. The van der Waals surface area contributed by atoms with E-state index in [4.69, 9.17) is 11.6 Å². The van der Waals surface area contributed by atoms with Crippen LogP contribution in [0, 0.1) is 6.92 Å². The van der Waals surface area contributed by atoms with Gasteiger partial charge < -0.3 is 4.90 Å². The summed E-state index contributed by atoms with van der Waals surface area (Å²) in [7, 11) is 0. The van der Waals surface area contributed by atoms with Crippen LogP contribution < -0.4 is 0 Å². The van der Waals surface area contributed by atoms with Crippen LogP contribution >= 0.6 is 11.6 Å². The molecule has 0 spiro atoms. The van der Waals surface area contributed by atoms with Crippen LogP contribution in [0.4, 0.5) is 0 Å². The Balaban J connectivity index is 1.78. The van der Waals surface area contributed by atoms with E-state index in [9.17, 15) is 4.79 Å². The molecule has 1 heterocycles. The Labute approximate surface area is 136 Å². The van der Waals surface area contributed by atoms with Crippen LogP contribution in [0.5, 0.6) is 0 Å². The van der Waals surface area contributed by atoms with E-state index in [-0.39, 0.29) is 11.9 Å². The summed E-state index contributed by atoms with van der Waals surface area (Å²) in [6.45, 7) is 2.96. The summed E-state index contributed by atoms with van der Waals surface area (Å²) in [5.74, 6) is 0.188. The minimum atomic E-state index is 0.188. The average Bonchev–Trinajstić information content (AvgIpc) is 2.97. The van der Waals surface area contributed by atoms with Crippen molar-refractivity contribution in [2.75, 3.05) is 6.54 Å². The molecule has 0 bridgehead atoms. The summed E-state index contributed by atoms with van der Waals surface area (Å²) in [6.07, 6.45) is 2.54. The van der Waals surface area contributed by atoms with Gasteiger partial charge in [-0.1, -0.05) is 48.0 Å². The predicted molar refractivity (Wildman–Crippen MR) is 90.0 cm³/mol. The first-order chi connectivity index (χ1) is 10.6. The number of benzene rings is 2. The summed E-state index contributed by atoms with van der Waals surface area (Å²) in [6, 6.07) is 16.1. The Morgan fingerprint density at radius 2 is 2.05 bits per heavy atom. The molecule has 1 fully saturated rings. The molecule has 1 aliphatic heterocycles. The summed E-state index contributed by atoms with van der Waals surface area (Å²) in [5, 5.41) is 0.683. The Morgan fingerprint density at radius 1 is 1.23 bits per heavy atom. The Hall–Kier alpha value is -1.80. The first-order valence-corrected chi connectivity index (χ1v) is 8.12. The van der Waals surface area contributed by atoms with E-state index >= 15 is 0 Å². The highest BCUT2D eigenvalue weighted by Crippen LogP contribution is 2.34. The molecule has 114 valence electrons. The molecule has 0 aromatic heterocycles. The normalized spacial score (nSPS) is 17.7. The topological polar surface area (TPSA) is 20.3 Å². The van der Waals surface area contributed by atoms with Gasteiger partial charge in [0.05, 0.1) is 12.5 Å². The molecule has 0 saturated carbocycles. The smallest absolute Gasteiger partial charge is 0.227 e. The minimum absolute atomic E-state index is 0.188. The van der Waals surface area contributed by atoms with Gasteiger partial charge in [0.1, 0.15) is 0 Å². The molecule has 2 nitrogen and oxygen atoms in total. The van der Waals surface area contributed by atoms with Crippen LogP contribution in [0.15, 0.2) is 48.5 Å². The van der Waals surface area contributed by atoms with E-state index in [1.165, 1.54) is 11.1 Å². The van der Waals surface area contributed by atoms with Crippen LogP contribution in [0.25, 0.3) is 0 Å². The molecule has 0 N–H and O–H groups in total. The molecular weight excluding hydrogens is 294 g/mol. The lowest BCUT2D eigenvalue weighted by Gasteiger charge is -2.26. The maximum Gasteiger partial charge on any atom is 0.227 e. The van der Waals surface area contributed by atoms with Crippen LogP contribution in [-0.2, 0) is 11.2 Å². The maximum absolute atomic E-state index is 12.7. The molecule has 2 aromatic rings. The number of hydrogen-bond donors (Lipinski definition) is 0. The van der Waals surface area contributed by atoms with Crippen molar-refractivity contribution in [2.24, 2.45) is 0 Å².